The number of carbonyl (C=O) groups excluding carboxylic acids is 2. The average Bonchev–Trinajstić information content (AvgIpc) is 3.10. The standard InChI is InChI=1S/C16H24N4O3/c1-23-8-7-19-11-16(5-3-14(19)21)4-2-6-20(12-16)15(22)13-9-17-18-10-13/h9-10H,2-8,11-12H2,1H3,(H,17,18)/t16-/m0/s1. The highest BCUT2D eigenvalue weighted by Gasteiger charge is 2.42. The molecule has 2 saturated heterocycles. The largest absolute Gasteiger partial charge is 0.383 e. The molecule has 1 N–H and O–H groups in total. The maximum absolute atomic E-state index is 12.6. The van der Waals surface area contributed by atoms with Crippen molar-refractivity contribution in [3.05, 3.63) is 18.0 Å². The number of hydrogen-bond donors (Lipinski definition) is 1. The first kappa shape index (κ1) is 16.0. The van der Waals surface area contributed by atoms with E-state index >= 15 is 0 Å². The predicted molar refractivity (Wildman–Crippen MR) is 83.8 cm³/mol. The van der Waals surface area contributed by atoms with Gasteiger partial charge in [0.15, 0.2) is 0 Å². The summed E-state index contributed by atoms with van der Waals surface area (Å²) in [5.74, 6) is 0.226. The zero-order chi connectivity index (χ0) is 16.3. The van der Waals surface area contributed by atoms with Crippen molar-refractivity contribution in [1.29, 1.82) is 0 Å². The molecule has 1 atom stereocenters. The lowest BCUT2D eigenvalue weighted by Gasteiger charge is -2.48. The van der Waals surface area contributed by atoms with Crippen LogP contribution in [0.2, 0.25) is 0 Å². The van der Waals surface area contributed by atoms with Crippen LogP contribution in [0.15, 0.2) is 12.4 Å². The lowest BCUT2D eigenvalue weighted by Crippen LogP contribution is -2.55. The number of amides is 2. The summed E-state index contributed by atoms with van der Waals surface area (Å²) < 4.78 is 5.11. The Balaban J connectivity index is 1.69. The van der Waals surface area contributed by atoms with Gasteiger partial charge >= 0.3 is 0 Å². The van der Waals surface area contributed by atoms with Gasteiger partial charge in [-0.05, 0) is 19.3 Å². The van der Waals surface area contributed by atoms with E-state index in [4.69, 9.17) is 4.74 Å². The van der Waals surface area contributed by atoms with Crippen LogP contribution in [0.1, 0.15) is 36.0 Å². The normalized spacial score (nSPS) is 25.2. The number of likely N-dealkylation sites (tertiary alicyclic amines) is 2. The van der Waals surface area contributed by atoms with Crippen molar-refractivity contribution in [2.45, 2.75) is 25.7 Å². The number of H-pyrrole nitrogens is 1. The van der Waals surface area contributed by atoms with Crippen LogP contribution in [0.4, 0.5) is 0 Å². The molecule has 7 heteroatoms. The van der Waals surface area contributed by atoms with E-state index in [1.165, 1.54) is 0 Å². The number of aromatic nitrogens is 2. The summed E-state index contributed by atoms with van der Waals surface area (Å²) >= 11 is 0. The Bertz CT molecular complexity index is 560. The zero-order valence-electron chi connectivity index (χ0n) is 13.6. The van der Waals surface area contributed by atoms with E-state index in [9.17, 15) is 9.59 Å². The van der Waals surface area contributed by atoms with Crippen LogP contribution in [0.3, 0.4) is 0 Å². The molecule has 1 aromatic rings. The van der Waals surface area contributed by atoms with Crippen LogP contribution < -0.4 is 0 Å². The second-order valence-corrected chi connectivity index (χ2v) is 6.63. The predicted octanol–water partition coefficient (Wildman–Crippen LogP) is 0.901. The molecule has 1 spiro atoms. The van der Waals surface area contributed by atoms with E-state index in [0.29, 0.717) is 31.7 Å². The Kier molecular flexibility index (Phi) is 4.66. The molecule has 7 nitrogen and oxygen atoms in total. The van der Waals surface area contributed by atoms with Gasteiger partial charge in [0.1, 0.15) is 0 Å². The Hall–Kier alpha value is -1.89. The van der Waals surface area contributed by atoms with Crippen molar-refractivity contribution in [2.24, 2.45) is 5.41 Å². The lowest BCUT2D eigenvalue weighted by atomic mass is 9.73. The third kappa shape index (κ3) is 3.39. The molecular weight excluding hydrogens is 296 g/mol. The highest BCUT2D eigenvalue weighted by atomic mass is 16.5. The molecule has 0 saturated carbocycles. The van der Waals surface area contributed by atoms with E-state index in [0.717, 1.165) is 32.4 Å². The number of piperidine rings is 2. The topological polar surface area (TPSA) is 78.5 Å². The summed E-state index contributed by atoms with van der Waals surface area (Å²) in [6.45, 7) is 3.40. The van der Waals surface area contributed by atoms with Gasteiger partial charge in [-0.25, -0.2) is 0 Å². The molecule has 126 valence electrons. The third-order valence-corrected chi connectivity index (χ3v) is 5.01. The maximum Gasteiger partial charge on any atom is 0.257 e. The van der Waals surface area contributed by atoms with E-state index in [-0.39, 0.29) is 17.2 Å². The summed E-state index contributed by atoms with van der Waals surface area (Å²) in [6.07, 6.45) is 6.69. The third-order valence-electron chi connectivity index (χ3n) is 5.01. The van der Waals surface area contributed by atoms with Crippen LogP contribution >= 0.6 is 0 Å². The Morgan fingerprint density at radius 3 is 3.04 bits per heavy atom. The summed E-state index contributed by atoms with van der Waals surface area (Å²) in [5.41, 5.74) is 0.629. The van der Waals surface area contributed by atoms with Gasteiger partial charge in [-0.2, -0.15) is 5.10 Å². The number of aromatic amines is 1. The molecule has 2 fully saturated rings. The van der Waals surface area contributed by atoms with E-state index < -0.39 is 0 Å². The van der Waals surface area contributed by atoms with Crippen LogP contribution in [-0.2, 0) is 9.53 Å². The van der Waals surface area contributed by atoms with Crippen LogP contribution in [0, 0.1) is 5.41 Å². The Labute approximate surface area is 136 Å². The molecule has 1 aromatic heterocycles. The van der Waals surface area contributed by atoms with Crippen molar-refractivity contribution in [2.75, 3.05) is 39.9 Å². The number of carbonyl (C=O) groups is 2. The minimum absolute atomic E-state index is 0.0261. The number of nitrogens with zero attached hydrogens (tertiary/aromatic N) is 3. The van der Waals surface area contributed by atoms with Crippen molar-refractivity contribution < 1.29 is 14.3 Å². The Morgan fingerprint density at radius 1 is 1.43 bits per heavy atom. The van der Waals surface area contributed by atoms with Gasteiger partial charge in [-0.3, -0.25) is 14.7 Å². The van der Waals surface area contributed by atoms with Gasteiger partial charge in [0.2, 0.25) is 5.91 Å². The molecule has 2 aliphatic rings. The molecule has 0 unspecified atom stereocenters. The van der Waals surface area contributed by atoms with Gasteiger partial charge in [-0.1, -0.05) is 0 Å². The van der Waals surface area contributed by atoms with Crippen molar-refractivity contribution in [3.63, 3.8) is 0 Å². The number of ether oxygens (including phenoxy) is 1. The smallest absolute Gasteiger partial charge is 0.257 e. The summed E-state index contributed by atoms with van der Waals surface area (Å²) in [5, 5.41) is 6.55. The molecule has 0 aromatic carbocycles. The van der Waals surface area contributed by atoms with Gasteiger partial charge in [-0.15, -0.1) is 0 Å². The number of nitrogens with one attached hydrogen (secondary N) is 1. The molecule has 0 radical (unpaired) electrons. The molecule has 2 aliphatic heterocycles. The van der Waals surface area contributed by atoms with Crippen molar-refractivity contribution in [1.82, 2.24) is 20.0 Å². The first-order valence-electron chi connectivity index (χ1n) is 8.18. The first-order chi connectivity index (χ1) is 11.1. The second-order valence-electron chi connectivity index (χ2n) is 6.63. The lowest BCUT2D eigenvalue weighted by molar-refractivity contribution is -0.139. The number of methoxy groups -OCH3 is 1. The monoisotopic (exact) mass is 320 g/mol. The fraction of sp³-hybridized carbons (Fsp3) is 0.688. The maximum atomic E-state index is 12.6. The fourth-order valence-corrected chi connectivity index (χ4v) is 3.77. The SMILES string of the molecule is COCCN1C[C@]2(CCCN(C(=O)c3cn[nH]c3)C2)CCC1=O. The molecule has 0 bridgehead atoms. The molecule has 2 amide bonds. The van der Waals surface area contributed by atoms with Gasteiger partial charge in [0, 0.05) is 51.3 Å². The second kappa shape index (κ2) is 6.70. The first-order valence-corrected chi connectivity index (χ1v) is 8.18. The van der Waals surface area contributed by atoms with E-state index in [1.54, 1.807) is 19.5 Å². The highest BCUT2D eigenvalue weighted by molar-refractivity contribution is 5.93. The van der Waals surface area contributed by atoms with Gasteiger partial charge < -0.3 is 14.5 Å². The zero-order valence-corrected chi connectivity index (χ0v) is 13.6. The molecule has 0 aliphatic carbocycles. The molecular formula is C16H24N4O3. The van der Waals surface area contributed by atoms with E-state index in [2.05, 4.69) is 10.2 Å². The van der Waals surface area contributed by atoms with Crippen LogP contribution in [0.5, 0.6) is 0 Å². The van der Waals surface area contributed by atoms with Gasteiger partial charge in [0.05, 0.1) is 18.4 Å². The Morgan fingerprint density at radius 2 is 2.30 bits per heavy atom. The van der Waals surface area contributed by atoms with Crippen molar-refractivity contribution >= 4 is 11.8 Å². The minimum Gasteiger partial charge on any atom is -0.383 e. The molecule has 3 heterocycles. The highest BCUT2D eigenvalue weighted by Crippen LogP contribution is 2.39. The summed E-state index contributed by atoms with van der Waals surface area (Å²) in [4.78, 5) is 28.5. The minimum atomic E-state index is 0.0261. The van der Waals surface area contributed by atoms with Crippen molar-refractivity contribution in [3.8, 4) is 0 Å². The molecule has 3 rings (SSSR count). The number of rotatable bonds is 4. The average molecular weight is 320 g/mol. The van der Waals surface area contributed by atoms with Crippen LogP contribution in [-0.4, -0.2) is 71.7 Å². The molecule has 23 heavy (non-hydrogen) atoms. The van der Waals surface area contributed by atoms with E-state index in [1.807, 2.05) is 9.80 Å². The van der Waals surface area contributed by atoms with Gasteiger partial charge in [0.25, 0.3) is 5.91 Å². The fourth-order valence-electron chi connectivity index (χ4n) is 3.77. The summed E-state index contributed by atoms with van der Waals surface area (Å²) in [6, 6.07) is 0. The number of hydrogen-bond acceptors (Lipinski definition) is 4. The summed E-state index contributed by atoms with van der Waals surface area (Å²) in [7, 11) is 1.65. The van der Waals surface area contributed by atoms with Crippen LogP contribution in [0.25, 0.3) is 0 Å². The quantitative estimate of drug-likeness (QED) is 0.894.